The summed E-state index contributed by atoms with van der Waals surface area (Å²) in [6, 6.07) is 8.21. The molecule has 0 radical (unpaired) electrons. The van der Waals surface area contributed by atoms with Crippen LogP contribution in [0.5, 0.6) is 5.75 Å². The quantitative estimate of drug-likeness (QED) is 0.740. The predicted octanol–water partition coefficient (Wildman–Crippen LogP) is 3.33. The minimum absolute atomic E-state index is 0.0842. The first kappa shape index (κ1) is 21.4. The van der Waals surface area contributed by atoms with E-state index in [1.807, 2.05) is 23.7 Å². The van der Waals surface area contributed by atoms with E-state index in [0.717, 1.165) is 56.2 Å². The molecule has 1 aromatic heterocycles. The fraction of sp³-hybridized carbons (Fsp3) is 0.565. The summed E-state index contributed by atoms with van der Waals surface area (Å²) in [5.74, 6) is 0.936. The molecule has 1 fully saturated rings. The van der Waals surface area contributed by atoms with Crippen molar-refractivity contribution in [1.29, 1.82) is 0 Å². The highest BCUT2D eigenvalue weighted by molar-refractivity contribution is 5.76. The van der Waals surface area contributed by atoms with Gasteiger partial charge >= 0.3 is 0 Å². The maximum Gasteiger partial charge on any atom is 0.220 e. The van der Waals surface area contributed by atoms with Crippen LogP contribution in [-0.2, 0) is 27.9 Å². The summed E-state index contributed by atoms with van der Waals surface area (Å²) < 4.78 is 12.9. The molecule has 0 unspecified atom stereocenters. The van der Waals surface area contributed by atoms with Gasteiger partial charge < -0.3 is 14.8 Å². The van der Waals surface area contributed by atoms with Crippen LogP contribution in [0, 0.1) is 13.8 Å². The van der Waals surface area contributed by atoms with Gasteiger partial charge in [-0.2, -0.15) is 5.10 Å². The molecule has 6 heteroatoms. The SMILES string of the molecule is CCn1nc(C)c(CCC(=O)NCC2(c3ccc(OC)cc3)CCOCC2)c1C. The molecular weight excluding hydrogens is 366 g/mol. The molecule has 29 heavy (non-hydrogen) atoms. The van der Waals surface area contributed by atoms with E-state index in [9.17, 15) is 4.79 Å². The molecule has 6 nitrogen and oxygen atoms in total. The second kappa shape index (κ2) is 9.44. The zero-order valence-corrected chi connectivity index (χ0v) is 18.1. The summed E-state index contributed by atoms with van der Waals surface area (Å²) in [6.45, 7) is 9.11. The minimum atomic E-state index is -0.0842. The van der Waals surface area contributed by atoms with Gasteiger partial charge in [0.1, 0.15) is 5.75 Å². The number of nitrogens with zero attached hydrogens (tertiary/aromatic N) is 2. The lowest BCUT2D eigenvalue weighted by atomic mass is 9.74. The van der Waals surface area contributed by atoms with E-state index in [1.165, 1.54) is 11.1 Å². The molecule has 2 heterocycles. The first-order valence-electron chi connectivity index (χ1n) is 10.5. The highest BCUT2D eigenvalue weighted by Crippen LogP contribution is 2.35. The first-order chi connectivity index (χ1) is 14.0. The number of ether oxygens (including phenoxy) is 2. The Morgan fingerprint density at radius 2 is 1.93 bits per heavy atom. The Kier molecular flexibility index (Phi) is 6.96. The summed E-state index contributed by atoms with van der Waals surface area (Å²) in [5.41, 5.74) is 4.53. The van der Waals surface area contributed by atoms with Crippen molar-refractivity contribution in [3.8, 4) is 5.75 Å². The van der Waals surface area contributed by atoms with E-state index in [-0.39, 0.29) is 11.3 Å². The Bertz CT molecular complexity index is 821. The van der Waals surface area contributed by atoms with Crippen LogP contribution >= 0.6 is 0 Å². The molecule has 0 spiro atoms. The van der Waals surface area contributed by atoms with Crippen molar-refractivity contribution in [2.45, 2.75) is 58.4 Å². The molecule has 1 amide bonds. The van der Waals surface area contributed by atoms with Crippen LogP contribution < -0.4 is 10.1 Å². The van der Waals surface area contributed by atoms with Crippen molar-refractivity contribution in [3.05, 3.63) is 46.8 Å². The number of methoxy groups -OCH3 is 1. The summed E-state index contributed by atoms with van der Waals surface area (Å²) in [6.07, 6.45) is 3.01. The third-order valence-corrected chi connectivity index (χ3v) is 6.21. The van der Waals surface area contributed by atoms with E-state index in [1.54, 1.807) is 7.11 Å². The van der Waals surface area contributed by atoms with Crippen LogP contribution in [0.15, 0.2) is 24.3 Å². The fourth-order valence-electron chi connectivity index (χ4n) is 4.27. The van der Waals surface area contributed by atoms with Gasteiger partial charge in [0, 0.05) is 43.8 Å². The monoisotopic (exact) mass is 399 g/mol. The van der Waals surface area contributed by atoms with Gasteiger partial charge in [0.15, 0.2) is 0 Å². The van der Waals surface area contributed by atoms with Crippen LogP contribution in [-0.4, -0.2) is 42.6 Å². The van der Waals surface area contributed by atoms with E-state index < -0.39 is 0 Å². The Morgan fingerprint density at radius 3 is 2.52 bits per heavy atom. The zero-order chi connectivity index (χ0) is 20.9. The predicted molar refractivity (Wildman–Crippen MR) is 113 cm³/mol. The number of hydrogen-bond donors (Lipinski definition) is 1. The smallest absolute Gasteiger partial charge is 0.220 e. The average molecular weight is 400 g/mol. The average Bonchev–Trinajstić information content (AvgIpc) is 3.04. The van der Waals surface area contributed by atoms with Gasteiger partial charge in [0.05, 0.1) is 12.8 Å². The van der Waals surface area contributed by atoms with Crippen LogP contribution in [0.25, 0.3) is 0 Å². The third kappa shape index (κ3) is 4.81. The molecule has 3 rings (SSSR count). The largest absolute Gasteiger partial charge is 0.497 e. The fourth-order valence-corrected chi connectivity index (χ4v) is 4.27. The number of rotatable bonds is 8. The van der Waals surface area contributed by atoms with E-state index in [4.69, 9.17) is 9.47 Å². The van der Waals surface area contributed by atoms with Crippen molar-refractivity contribution in [1.82, 2.24) is 15.1 Å². The van der Waals surface area contributed by atoms with Crippen LogP contribution in [0.2, 0.25) is 0 Å². The van der Waals surface area contributed by atoms with Gasteiger partial charge in [-0.15, -0.1) is 0 Å². The normalized spacial score (nSPS) is 15.9. The number of carbonyl (C=O) groups excluding carboxylic acids is 1. The maximum absolute atomic E-state index is 12.6. The van der Waals surface area contributed by atoms with Crippen LogP contribution in [0.4, 0.5) is 0 Å². The standard InChI is InChI=1S/C23H33N3O3/c1-5-26-18(3)21(17(2)25-26)10-11-22(27)24-16-23(12-14-29-15-13-23)19-6-8-20(28-4)9-7-19/h6-9H,5,10-16H2,1-4H3,(H,24,27). The number of benzene rings is 1. The molecule has 0 saturated carbocycles. The lowest BCUT2D eigenvalue weighted by molar-refractivity contribution is -0.121. The number of aryl methyl sites for hydroxylation is 2. The molecule has 1 aliphatic heterocycles. The first-order valence-corrected chi connectivity index (χ1v) is 10.5. The molecule has 1 N–H and O–H groups in total. The van der Waals surface area contributed by atoms with Gasteiger partial charge in [-0.25, -0.2) is 0 Å². The number of nitrogens with one attached hydrogen (secondary N) is 1. The highest BCUT2D eigenvalue weighted by Gasteiger charge is 2.34. The third-order valence-electron chi connectivity index (χ3n) is 6.21. The summed E-state index contributed by atoms with van der Waals surface area (Å²) in [7, 11) is 1.67. The lowest BCUT2D eigenvalue weighted by Crippen LogP contribution is -2.44. The van der Waals surface area contributed by atoms with Gasteiger partial charge in [0.2, 0.25) is 5.91 Å². The molecule has 1 aliphatic rings. The summed E-state index contributed by atoms with van der Waals surface area (Å²) in [5, 5.41) is 7.75. The van der Waals surface area contributed by atoms with Crippen molar-refractivity contribution in [3.63, 3.8) is 0 Å². The number of hydrogen-bond acceptors (Lipinski definition) is 4. The van der Waals surface area contributed by atoms with E-state index >= 15 is 0 Å². The van der Waals surface area contributed by atoms with Gasteiger partial charge in [-0.1, -0.05) is 12.1 Å². The van der Waals surface area contributed by atoms with Crippen molar-refractivity contribution in [2.75, 3.05) is 26.9 Å². The van der Waals surface area contributed by atoms with Gasteiger partial charge in [-0.3, -0.25) is 9.48 Å². The molecule has 2 aromatic rings. The molecular formula is C23H33N3O3. The highest BCUT2D eigenvalue weighted by atomic mass is 16.5. The summed E-state index contributed by atoms with van der Waals surface area (Å²) in [4.78, 5) is 12.6. The molecule has 1 saturated heterocycles. The van der Waals surface area contributed by atoms with Gasteiger partial charge in [0.25, 0.3) is 0 Å². The molecule has 158 valence electrons. The van der Waals surface area contributed by atoms with Crippen molar-refractivity contribution < 1.29 is 14.3 Å². The second-order valence-corrected chi connectivity index (χ2v) is 7.86. The van der Waals surface area contributed by atoms with E-state index in [2.05, 4.69) is 36.4 Å². The molecule has 1 aromatic carbocycles. The minimum Gasteiger partial charge on any atom is -0.497 e. The topological polar surface area (TPSA) is 65.4 Å². The Labute approximate surface area is 173 Å². The lowest BCUT2D eigenvalue weighted by Gasteiger charge is -2.38. The van der Waals surface area contributed by atoms with Crippen LogP contribution in [0.3, 0.4) is 0 Å². The maximum atomic E-state index is 12.6. The Balaban J connectivity index is 1.63. The van der Waals surface area contributed by atoms with Crippen molar-refractivity contribution in [2.24, 2.45) is 0 Å². The number of amides is 1. The molecule has 0 bridgehead atoms. The summed E-state index contributed by atoms with van der Waals surface area (Å²) >= 11 is 0. The molecule has 0 aliphatic carbocycles. The zero-order valence-electron chi connectivity index (χ0n) is 18.1. The van der Waals surface area contributed by atoms with Crippen LogP contribution in [0.1, 0.15) is 48.7 Å². The Morgan fingerprint density at radius 1 is 1.24 bits per heavy atom. The van der Waals surface area contributed by atoms with E-state index in [0.29, 0.717) is 13.0 Å². The molecule has 0 atom stereocenters. The second-order valence-electron chi connectivity index (χ2n) is 7.86. The van der Waals surface area contributed by atoms with Gasteiger partial charge in [-0.05, 0) is 63.3 Å². The number of carbonyl (C=O) groups is 1. The Hall–Kier alpha value is -2.34. The number of aromatic nitrogens is 2. The van der Waals surface area contributed by atoms with Crippen molar-refractivity contribution >= 4 is 5.91 Å².